The van der Waals surface area contributed by atoms with E-state index in [-0.39, 0.29) is 23.1 Å². The Balaban J connectivity index is 1.60. The van der Waals surface area contributed by atoms with Gasteiger partial charge in [0.05, 0.1) is 35.2 Å². The fourth-order valence-electron chi connectivity index (χ4n) is 2.71. The molecule has 0 fully saturated rings. The molecule has 0 atom stereocenters. The Morgan fingerprint density at radius 3 is 2.72 bits per heavy atom. The smallest absolute Gasteiger partial charge is 0.273 e. The highest BCUT2D eigenvalue weighted by atomic mass is 32.2. The number of nitrogens with zero attached hydrogens (tertiary/aromatic N) is 2. The molecule has 0 bridgehead atoms. The number of anilines is 1. The highest BCUT2D eigenvalue weighted by Gasteiger charge is 2.15. The number of H-pyrrole nitrogens is 1. The summed E-state index contributed by atoms with van der Waals surface area (Å²) >= 11 is 1.29. The number of rotatable bonds is 8. The number of nitro benzene ring substituents is 1. The number of nitrogens with one attached hydrogen (secondary N) is 2. The Bertz CT molecular complexity index is 1020. The molecule has 0 aliphatic heterocycles. The van der Waals surface area contributed by atoms with Gasteiger partial charge in [-0.15, -0.1) is 0 Å². The molecule has 2 N–H and O–H groups in total. The van der Waals surface area contributed by atoms with E-state index in [0.717, 1.165) is 17.8 Å². The molecule has 1 amide bonds. The molecule has 2 aromatic carbocycles. The standard InChI is InChI=1S/C20H20N4O4S/c1-13-17(10-14-6-4-3-5-7-14)23-20(21-13)29-12-19(25)22-16-9-8-15(24(26)27)11-18(16)28-2/h3-9,11H,10,12H2,1-2H3,(H,21,23)(H,22,25). The molecule has 0 saturated heterocycles. The van der Waals surface area contributed by atoms with E-state index in [2.05, 4.69) is 15.3 Å². The van der Waals surface area contributed by atoms with Crippen LogP contribution in [0.3, 0.4) is 0 Å². The van der Waals surface area contributed by atoms with Gasteiger partial charge in [-0.25, -0.2) is 4.98 Å². The van der Waals surface area contributed by atoms with Gasteiger partial charge in [-0.1, -0.05) is 42.1 Å². The van der Waals surface area contributed by atoms with Crippen LogP contribution in [-0.2, 0) is 11.2 Å². The second kappa shape index (κ2) is 9.24. The molecule has 3 aromatic rings. The van der Waals surface area contributed by atoms with Crippen molar-refractivity contribution in [2.24, 2.45) is 0 Å². The molecule has 0 aliphatic rings. The SMILES string of the molecule is COc1cc([N+](=O)[O-])ccc1NC(=O)CSc1nc(Cc2ccccc2)c(C)[nH]1. The number of imidazole rings is 1. The minimum Gasteiger partial charge on any atom is -0.494 e. The average molecular weight is 412 g/mol. The Morgan fingerprint density at radius 2 is 2.03 bits per heavy atom. The lowest BCUT2D eigenvalue weighted by Gasteiger charge is -2.09. The zero-order valence-electron chi connectivity index (χ0n) is 16.0. The second-order valence-corrected chi connectivity index (χ2v) is 7.22. The molecule has 1 heterocycles. The van der Waals surface area contributed by atoms with Crippen molar-refractivity contribution in [1.29, 1.82) is 0 Å². The third-order valence-electron chi connectivity index (χ3n) is 4.19. The first-order valence-electron chi connectivity index (χ1n) is 8.80. The van der Waals surface area contributed by atoms with E-state index in [1.807, 2.05) is 37.3 Å². The van der Waals surface area contributed by atoms with Crippen LogP contribution in [0.15, 0.2) is 53.7 Å². The van der Waals surface area contributed by atoms with Crippen LogP contribution in [-0.4, -0.2) is 33.7 Å². The Morgan fingerprint density at radius 1 is 1.28 bits per heavy atom. The summed E-state index contributed by atoms with van der Waals surface area (Å²) < 4.78 is 5.13. The van der Waals surface area contributed by atoms with Gasteiger partial charge in [0.1, 0.15) is 5.75 Å². The number of non-ortho nitro benzene ring substituents is 1. The van der Waals surface area contributed by atoms with Gasteiger partial charge in [-0.3, -0.25) is 14.9 Å². The summed E-state index contributed by atoms with van der Waals surface area (Å²) in [5.41, 5.74) is 3.35. The number of carbonyl (C=O) groups is 1. The van der Waals surface area contributed by atoms with E-state index < -0.39 is 4.92 Å². The van der Waals surface area contributed by atoms with Crippen LogP contribution < -0.4 is 10.1 Å². The number of aryl methyl sites for hydroxylation is 1. The molecule has 1 aromatic heterocycles. The summed E-state index contributed by atoms with van der Waals surface area (Å²) in [5.74, 6) is 0.107. The number of aromatic amines is 1. The minimum atomic E-state index is -0.518. The number of hydrogen-bond acceptors (Lipinski definition) is 6. The van der Waals surface area contributed by atoms with Crippen molar-refractivity contribution in [1.82, 2.24) is 9.97 Å². The summed E-state index contributed by atoms with van der Waals surface area (Å²) in [6.45, 7) is 1.96. The molecule has 150 valence electrons. The number of nitro groups is 1. The molecule has 3 rings (SSSR count). The second-order valence-electron chi connectivity index (χ2n) is 6.25. The first-order chi connectivity index (χ1) is 14.0. The summed E-state index contributed by atoms with van der Waals surface area (Å²) in [6.07, 6.45) is 0.718. The molecule has 8 nitrogen and oxygen atoms in total. The van der Waals surface area contributed by atoms with E-state index in [4.69, 9.17) is 4.74 Å². The number of aromatic nitrogens is 2. The largest absolute Gasteiger partial charge is 0.494 e. The molecule has 0 radical (unpaired) electrons. The van der Waals surface area contributed by atoms with Crippen molar-refractivity contribution in [3.8, 4) is 5.75 Å². The Labute approximate surface area is 171 Å². The van der Waals surface area contributed by atoms with Gasteiger partial charge in [0.25, 0.3) is 5.69 Å². The molecule has 0 saturated carbocycles. The number of benzene rings is 2. The molecule has 0 aliphatic carbocycles. The van der Waals surface area contributed by atoms with E-state index in [0.29, 0.717) is 10.8 Å². The zero-order valence-corrected chi connectivity index (χ0v) is 16.8. The van der Waals surface area contributed by atoms with Crippen LogP contribution in [0.1, 0.15) is 17.0 Å². The fraction of sp³-hybridized carbons (Fsp3) is 0.200. The van der Waals surface area contributed by atoms with Crippen LogP contribution in [0, 0.1) is 17.0 Å². The highest BCUT2D eigenvalue weighted by molar-refractivity contribution is 7.99. The van der Waals surface area contributed by atoms with Crippen molar-refractivity contribution in [2.75, 3.05) is 18.2 Å². The maximum absolute atomic E-state index is 12.3. The number of ether oxygens (including phenoxy) is 1. The van der Waals surface area contributed by atoms with Gasteiger partial charge in [0.2, 0.25) is 5.91 Å². The normalized spacial score (nSPS) is 10.6. The summed E-state index contributed by atoms with van der Waals surface area (Å²) in [6, 6.07) is 14.1. The summed E-state index contributed by atoms with van der Waals surface area (Å²) in [5, 5.41) is 14.2. The zero-order chi connectivity index (χ0) is 20.8. The average Bonchev–Trinajstić information content (AvgIpc) is 3.06. The lowest BCUT2D eigenvalue weighted by atomic mass is 10.1. The van der Waals surface area contributed by atoms with Crippen LogP contribution in [0.2, 0.25) is 0 Å². The lowest BCUT2D eigenvalue weighted by molar-refractivity contribution is -0.384. The molecule has 0 spiro atoms. The monoisotopic (exact) mass is 412 g/mol. The quantitative estimate of drug-likeness (QED) is 0.329. The van der Waals surface area contributed by atoms with Crippen LogP contribution in [0.25, 0.3) is 0 Å². The van der Waals surface area contributed by atoms with Gasteiger partial charge in [0, 0.05) is 18.2 Å². The van der Waals surface area contributed by atoms with E-state index in [9.17, 15) is 14.9 Å². The lowest BCUT2D eigenvalue weighted by Crippen LogP contribution is -2.15. The van der Waals surface area contributed by atoms with Crippen LogP contribution >= 0.6 is 11.8 Å². The Kier molecular flexibility index (Phi) is 6.50. The number of carbonyl (C=O) groups excluding carboxylic acids is 1. The molecular formula is C20H20N4O4S. The maximum Gasteiger partial charge on any atom is 0.273 e. The van der Waals surface area contributed by atoms with E-state index >= 15 is 0 Å². The topological polar surface area (TPSA) is 110 Å². The van der Waals surface area contributed by atoms with Gasteiger partial charge in [0.15, 0.2) is 5.16 Å². The first-order valence-corrected chi connectivity index (χ1v) is 9.79. The van der Waals surface area contributed by atoms with Crippen molar-refractivity contribution in [2.45, 2.75) is 18.5 Å². The van der Waals surface area contributed by atoms with Gasteiger partial charge < -0.3 is 15.0 Å². The predicted octanol–water partition coefficient (Wildman–Crippen LogP) is 3.96. The van der Waals surface area contributed by atoms with Gasteiger partial charge in [-0.05, 0) is 18.6 Å². The van der Waals surface area contributed by atoms with E-state index in [1.54, 1.807) is 0 Å². The molecule has 9 heteroatoms. The molecule has 0 unspecified atom stereocenters. The van der Waals surface area contributed by atoms with E-state index in [1.165, 1.54) is 42.6 Å². The number of hydrogen-bond donors (Lipinski definition) is 2. The summed E-state index contributed by atoms with van der Waals surface area (Å²) in [7, 11) is 1.39. The van der Waals surface area contributed by atoms with Gasteiger partial charge >= 0.3 is 0 Å². The van der Waals surface area contributed by atoms with Crippen LogP contribution in [0.5, 0.6) is 5.75 Å². The fourth-order valence-corrected chi connectivity index (χ4v) is 3.45. The van der Waals surface area contributed by atoms with Crippen molar-refractivity contribution >= 4 is 29.0 Å². The van der Waals surface area contributed by atoms with Crippen molar-refractivity contribution in [3.05, 3.63) is 75.6 Å². The third-order valence-corrected chi connectivity index (χ3v) is 5.06. The third kappa shape index (κ3) is 5.35. The van der Waals surface area contributed by atoms with Crippen LogP contribution in [0.4, 0.5) is 11.4 Å². The van der Waals surface area contributed by atoms with Gasteiger partial charge in [-0.2, -0.15) is 0 Å². The predicted molar refractivity (Wildman–Crippen MR) is 112 cm³/mol. The first kappa shape index (κ1) is 20.4. The maximum atomic E-state index is 12.3. The number of methoxy groups -OCH3 is 1. The number of thioether (sulfide) groups is 1. The Hall–Kier alpha value is -3.33. The van der Waals surface area contributed by atoms with Crippen molar-refractivity contribution in [3.63, 3.8) is 0 Å². The molecular weight excluding hydrogens is 392 g/mol. The highest BCUT2D eigenvalue weighted by Crippen LogP contribution is 2.29. The minimum absolute atomic E-state index is 0.105. The van der Waals surface area contributed by atoms with Crippen molar-refractivity contribution < 1.29 is 14.5 Å². The number of amides is 1. The summed E-state index contributed by atoms with van der Waals surface area (Å²) in [4.78, 5) is 30.4. The molecule has 29 heavy (non-hydrogen) atoms.